The monoisotopic (exact) mass is 495 g/mol. The minimum absolute atomic E-state index is 0.0517. The van der Waals surface area contributed by atoms with E-state index in [1.165, 1.54) is 6.34 Å². The maximum absolute atomic E-state index is 11.5. The lowest BCUT2D eigenvalue weighted by molar-refractivity contribution is -0.215. The van der Waals surface area contributed by atoms with Gasteiger partial charge in [0.1, 0.15) is 42.1 Å². The number of aliphatic imine (C=N–C) groups is 2. The largest absolute Gasteiger partial charge is 0.396 e. The zero-order chi connectivity index (χ0) is 23.3. The van der Waals surface area contributed by atoms with Gasteiger partial charge < -0.3 is 29.3 Å². The van der Waals surface area contributed by atoms with Gasteiger partial charge in [-0.1, -0.05) is 35.3 Å². The van der Waals surface area contributed by atoms with Gasteiger partial charge in [0.05, 0.1) is 5.92 Å². The number of rotatable bonds is 6. The second-order valence-electron chi connectivity index (χ2n) is 9.12. The Morgan fingerprint density at radius 3 is 2.79 bits per heavy atom. The molecule has 0 aliphatic carbocycles. The van der Waals surface area contributed by atoms with Crippen LogP contribution in [0.3, 0.4) is 0 Å². The molecule has 2 N–H and O–H groups in total. The van der Waals surface area contributed by atoms with Crippen molar-refractivity contribution in [1.82, 2.24) is 4.90 Å². The summed E-state index contributed by atoms with van der Waals surface area (Å²) in [4.78, 5) is 10.5. The maximum Gasteiger partial charge on any atom is 0.164 e. The van der Waals surface area contributed by atoms with Crippen molar-refractivity contribution in [2.75, 3.05) is 6.61 Å². The van der Waals surface area contributed by atoms with Gasteiger partial charge >= 0.3 is 0 Å². The molecule has 2 unspecified atom stereocenters. The van der Waals surface area contributed by atoms with Crippen LogP contribution in [-0.2, 0) is 20.6 Å². The third-order valence-corrected chi connectivity index (χ3v) is 7.05. The molecule has 0 amide bonds. The van der Waals surface area contributed by atoms with Gasteiger partial charge in [-0.25, -0.2) is 9.98 Å². The average molecular weight is 496 g/mol. The maximum atomic E-state index is 11.5. The minimum Gasteiger partial charge on any atom is -0.396 e. The number of hydrogen-bond donors (Lipinski definition) is 2. The van der Waals surface area contributed by atoms with E-state index >= 15 is 0 Å². The highest BCUT2D eigenvalue weighted by Crippen LogP contribution is 2.46. The van der Waals surface area contributed by atoms with Crippen LogP contribution in [0.5, 0.6) is 0 Å². The van der Waals surface area contributed by atoms with E-state index < -0.39 is 36.4 Å². The van der Waals surface area contributed by atoms with Gasteiger partial charge in [0, 0.05) is 17.8 Å². The summed E-state index contributed by atoms with van der Waals surface area (Å²) in [5.74, 6) is -0.980. The standard InChI is InChI=1S/C23H27Cl2N3O5/c1-23(2)32-18-17(16(30)14-6-5-13(24)10-12(14)4-3-9-29)31-22(19(18)33-23)28-8-7-15-20(25)26-11-27-21(15)28/h5-8,10-11,15-19,21-22,29-30H,3-4,9H2,1-2H3/t15?,16-,17-,18-,19-,21?,22-/m1/s1. The number of nitrogens with zero attached hydrogens (tertiary/aromatic N) is 3. The Balaban J connectivity index is 1.44. The van der Waals surface area contributed by atoms with Crippen LogP contribution in [0.15, 0.2) is 40.5 Å². The third-order valence-electron chi connectivity index (χ3n) is 6.47. The van der Waals surface area contributed by atoms with E-state index in [0.717, 1.165) is 5.56 Å². The molecule has 4 heterocycles. The number of fused-ring (bicyclic) bond motifs is 2. The summed E-state index contributed by atoms with van der Waals surface area (Å²) in [6.07, 6.45) is 3.03. The van der Waals surface area contributed by atoms with Gasteiger partial charge in [-0.05, 0) is 49.9 Å². The van der Waals surface area contributed by atoms with Crippen molar-refractivity contribution in [2.24, 2.45) is 15.9 Å². The molecule has 0 spiro atoms. The van der Waals surface area contributed by atoms with Crippen LogP contribution in [0, 0.1) is 5.92 Å². The summed E-state index contributed by atoms with van der Waals surface area (Å²) in [6.45, 7) is 3.76. The van der Waals surface area contributed by atoms with Crippen LogP contribution >= 0.6 is 23.2 Å². The van der Waals surface area contributed by atoms with E-state index in [0.29, 0.717) is 28.6 Å². The van der Waals surface area contributed by atoms with Gasteiger partial charge in [-0.15, -0.1) is 0 Å². The Morgan fingerprint density at radius 2 is 2.00 bits per heavy atom. The fourth-order valence-electron chi connectivity index (χ4n) is 5.04. The molecule has 1 aromatic rings. The molecule has 0 radical (unpaired) electrons. The lowest BCUT2D eigenvalue weighted by Gasteiger charge is -2.35. The van der Waals surface area contributed by atoms with E-state index in [2.05, 4.69) is 9.98 Å². The molecule has 0 saturated carbocycles. The quantitative estimate of drug-likeness (QED) is 0.629. The highest BCUT2D eigenvalue weighted by atomic mass is 35.5. The molecular formula is C23H27Cl2N3O5. The highest BCUT2D eigenvalue weighted by molar-refractivity contribution is 6.66. The fourth-order valence-corrected chi connectivity index (χ4v) is 5.47. The summed E-state index contributed by atoms with van der Waals surface area (Å²) in [7, 11) is 0. The van der Waals surface area contributed by atoms with Crippen molar-refractivity contribution in [3.05, 3.63) is 46.6 Å². The van der Waals surface area contributed by atoms with Crippen molar-refractivity contribution in [1.29, 1.82) is 0 Å². The smallest absolute Gasteiger partial charge is 0.164 e. The molecule has 178 valence electrons. The molecular weight excluding hydrogens is 469 g/mol. The first kappa shape index (κ1) is 23.2. The number of aryl methyl sites for hydroxylation is 1. The summed E-state index contributed by atoms with van der Waals surface area (Å²) >= 11 is 12.5. The van der Waals surface area contributed by atoms with E-state index in [1.54, 1.807) is 12.1 Å². The Morgan fingerprint density at radius 1 is 1.21 bits per heavy atom. The van der Waals surface area contributed by atoms with Crippen LogP contribution < -0.4 is 0 Å². The van der Waals surface area contributed by atoms with Gasteiger partial charge in [-0.2, -0.15) is 0 Å². The molecule has 10 heteroatoms. The molecule has 8 nitrogen and oxygen atoms in total. The number of ether oxygens (including phenoxy) is 3. The average Bonchev–Trinajstić information content (AvgIpc) is 3.43. The number of aliphatic hydroxyl groups excluding tert-OH is 2. The molecule has 2 saturated heterocycles. The van der Waals surface area contributed by atoms with E-state index in [9.17, 15) is 10.2 Å². The number of hydrogen-bond acceptors (Lipinski definition) is 8. The molecule has 2 fully saturated rings. The Bertz CT molecular complexity index is 1000. The van der Waals surface area contributed by atoms with Crippen LogP contribution in [0.1, 0.15) is 37.5 Å². The Labute approximate surface area is 202 Å². The minimum atomic E-state index is -0.978. The van der Waals surface area contributed by atoms with Crippen LogP contribution in [0.25, 0.3) is 0 Å². The van der Waals surface area contributed by atoms with Gasteiger partial charge in [0.2, 0.25) is 0 Å². The van der Waals surface area contributed by atoms with Crippen molar-refractivity contribution >= 4 is 34.7 Å². The number of halogens is 2. The molecule has 33 heavy (non-hydrogen) atoms. The summed E-state index contributed by atoms with van der Waals surface area (Å²) in [6, 6.07) is 5.37. The molecule has 0 bridgehead atoms. The molecule has 7 atom stereocenters. The topological polar surface area (TPSA) is 96.1 Å². The van der Waals surface area contributed by atoms with Crippen LogP contribution in [0.4, 0.5) is 0 Å². The van der Waals surface area contributed by atoms with E-state index in [-0.39, 0.29) is 18.7 Å². The predicted molar refractivity (Wildman–Crippen MR) is 124 cm³/mol. The Kier molecular flexibility index (Phi) is 6.28. The molecule has 0 aromatic heterocycles. The first-order valence-corrected chi connectivity index (χ1v) is 11.8. The van der Waals surface area contributed by atoms with Gasteiger partial charge in [0.25, 0.3) is 0 Å². The first-order valence-electron chi connectivity index (χ1n) is 11.1. The van der Waals surface area contributed by atoms with Crippen molar-refractivity contribution in [2.45, 2.75) is 69.3 Å². The zero-order valence-electron chi connectivity index (χ0n) is 18.3. The lowest BCUT2D eigenvalue weighted by atomic mass is 9.93. The third kappa shape index (κ3) is 4.23. The SMILES string of the molecule is CC1(C)O[C@H]2[C@@H](O1)[C@H](N1C=CC3C(Cl)=NC=NC31)O[C@@H]2[C@H](O)c1ccc(Cl)cc1CCCO. The zero-order valence-corrected chi connectivity index (χ0v) is 19.9. The molecule has 4 aliphatic rings. The number of aliphatic hydroxyl groups is 2. The lowest BCUT2D eigenvalue weighted by Crippen LogP contribution is -2.47. The van der Waals surface area contributed by atoms with Crippen molar-refractivity contribution in [3.8, 4) is 0 Å². The normalized spacial score (nSPS) is 35.0. The first-order chi connectivity index (χ1) is 15.8. The molecule has 1 aromatic carbocycles. The fraction of sp³-hybridized carbons (Fsp3) is 0.565. The second kappa shape index (κ2) is 8.92. The summed E-state index contributed by atoms with van der Waals surface area (Å²) in [5.41, 5.74) is 1.57. The summed E-state index contributed by atoms with van der Waals surface area (Å²) in [5, 5.41) is 21.8. The van der Waals surface area contributed by atoms with Gasteiger partial charge in [-0.3, -0.25) is 0 Å². The van der Waals surface area contributed by atoms with E-state index in [4.69, 9.17) is 37.4 Å². The van der Waals surface area contributed by atoms with E-state index in [1.807, 2.05) is 37.1 Å². The summed E-state index contributed by atoms with van der Waals surface area (Å²) < 4.78 is 18.9. The second-order valence-corrected chi connectivity index (χ2v) is 9.94. The number of benzene rings is 1. The highest BCUT2D eigenvalue weighted by Gasteiger charge is 2.60. The predicted octanol–water partition coefficient (Wildman–Crippen LogP) is 2.99. The van der Waals surface area contributed by atoms with Crippen LogP contribution in [-0.4, -0.2) is 69.7 Å². The van der Waals surface area contributed by atoms with Crippen molar-refractivity contribution < 1.29 is 24.4 Å². The molecule has 5 rings (SSSR count). The van der Waals surface area contributed by atoms with Crippen LogP contribution in [0.2, 0.25) is 5.02 Å². The van der Waals surface area contributed by atoms with Gasteiger partial charge in [0.15, 0.2) is 12.0 Å². The molecule has 4 aliphatic heterocycles. The Hall–Kier alpha value is -1.52. The van der Waals surface area contributed by atoms with Crippen molar-refractivity contribution in [3.63, 3.8) is 0 Å².